The molecule has 1 amide bonds. The summed E-state index contributed by atoms with van der Waals surface area (Å²) < 4.78 is 5.14. The Bertz CT molecular complexity index is 486. The second-order valence-corrected chi connectivity index (χ2v) is 7.19. The number of thiophene rings is 1. The van der Waals surface area contributed by atoms with Crippen molar-refractivity contribution >= 4 is 17.2 Å². The summed E-state index contributed by atoms with van der Waals surface area (Å²) in [6.45, 7) is 7.28. The summed E-state index contributed by atoms with van der Waals surface area (Å²) in [5.74, 6) is 0.295. The first kappa shape index (κ1) is 16.9. The maximum absolute atomic E-state index is 12.7. The lowest BCUT2D eigenvalue weighted by Crippen LogP contribution is -2.50. The molecule has 0 aromatic carbocycles. The van der Waals surface area contributed by atoms with Gasteiger partial charge < -0.3 is 9.64 Å². The first-order valence-corrected chi connectivity index (χ1v) is 9.47. The normalized spacial score (nSPS) is 23.5. The zero-order valence-electron chi connectivity index (χ0n) is 13.9. The molecular weight excluding hydrogens is 310 g/mol. The maximum Gasteiger partial charge on any atom is 0.237 e. The summed E-state index contributed by atoms with van der Waals surface area (Å²) in [4.78, 5) is 19.5. The molecule has 0 N–H and O–H groups in total. The molecule has 0 spiro atoms. The van der Waals surface area contributed by atoms with Crippen LogP contribution in [0.2, 0.25) is 0 Å². The van der Waals surface area contributed by atoms with E-state index < -0.39 is 0 Å². The van der Waals surface area contributed by atoms with E-state index in [9.17, 15) is 4.79 Å². The highest BCUT2D eigenvalue weighted by Crippen LogP contribution is 2.33. The van der Waals surface area contributed by atoms with E-state index >= 15 is 0 Å². The molecule has 5 nitrogen and oxygen atoms in total. The van der Waals surface area contributed by atoms with Crippen LogP contribution >= 0.6 is 11.3 Å². The molecule has 1 aromatic rings. The minimum absolute atomic E-state index is 0.295. The van der Waals surface area contributed by atoms with E-state index in [4.69, 9.17) is 4.74 Å². The average Bonchev–Trinajstić information content (AvgIpc) is 3.24. The van der Waals surface area contributed by atoms with E-state index in [1.807, 2.05) is 0 Å². The van der Waals surface area contributed by atoms with Crippen LogP contribution in [0, 0.1) is 0 Å². The number of rotatable bonds is 6. The van der Waals surface area contributed by atoms with Crippen molar-refractivity contribution in [2.45, 2.75) is 18.9 Å². The number of hydrogen-bond donors (Lipinski definition) is 0. The Balaban J connectivity index is 1.48. The second-order valence-electron chi connectivity index (χ2n) is 6.41. The molecular formula is C17H27N3O2S. The number of carbonyl (C=O) groups is 1. The summed E-state index contributed by atoms with van der Waals surface area (Å²) in [7, 11) is 1.74. The Hall–Kier alpha value is -0.950. The minimum Gasteiger partial charge on any atom is -0.383 e. The highest BCUT2D eigenvalue weighted by Gasteiger charge is 2.31. The van der Waals surface area contributed by atoms with E-state index in [1.54, 1.807) is 18.4 Å². The molecule has 0 radical (unpaired) electrons. The van der Waals surface area contributed by atoms with Crippen molar-refractivity contribution < 1.29 is 9.53 Å². The van der Waals surface area contributed by atoms with Gasteiger partial charge in [-0.1, -0.05) is 0 Å². The SMILES string of the molecule is COCCN1CCN(CC(=O)N2CCC[C@@H]2c2ccsc2)CC1. The Labute approximate surface area is 142 Å². The van der Waals surface area contributed by atoms with Crippen molar-refractivity contribution in [2.24, 2.45) is 0 Å². The van der Waals surface area contributed by atoms with Gasteiger partial charge in [-0.2, -0.15) is 11.3 Å². The molecule has 2 aliphatic rings. The summed E-state index contributed by atoms with van der Waals surface area (Å²) in [5, 5.41) is 4.29. The largest absolute Gasteiger partial charge is 0.383 e. The molecule has 1 atom stereocenters. The number of methoxy groups -OCH3 is 1. The maximum atomic E-state index is 12.7. The molecule has 0 bridgehead atoms. The first-order valence-electron chi connectivity index (χ1n) is 8.53. The number of piperazine rings is 1. The predicted octanol–water partition coefficient (Wildman–Crippen LogP) is 1.68. The van der Waals surface area contributed by atoms with Crippen molar-refractivity contribution in [3.8, 4) is 0 Å². The summed E-state index contributed by atoms with van der Waals surface area (Å²) in [5.41, 5.74) is 1.31. The van der Waals surface area contributed by atoms with Crippen LogP contribution < -0.4 is 0 Å². The molecule has 3 rings (SSSR count). The zero-order valence-corrected chi connectivity index (χ0v) is 14.8. The first-order chi connectivity index (χ1) is 11.3. The van der Waals surface area contributed by atoms with Crippen LogP contribution in [0.3, 0.4) is 0 Å². The third-order valence-electron chi connectivity index (χ3n) is 4.94. The van der Waals surface area contributed by atoms with E-state index in [0.717, 1.165) is 58.7 Å². The minimum atomic E-state index is 0.295. The van der Waals surface area contributed by atoms with Crippen LogP contribution in [0.1, 0.15) is 24.4 Å². The molecule has 6 heteroatoms. The van der Waals surface area contributed by atoms with Crippen LogP contribution in [0.5, 0.6) is 0 Å². The molecule has 0 unspecified atom stereocenters. The second kappa shape index (κ2) is 8.24. The lowest BCUT2D eigenvalue weighted by molar-refractivity contribution is -0.133. The Kier molecular flexibility index (Phi) is 6.05. The molecule has 2 fully saturated rings. The van der Waals surface area contributed by atoms with Crippen molar-refractivity contribution in [2.75, 3.05) is 59.5 Å². The van der Waals surface area contributed by atoms with Crippen LogP contribution in [-0.4, -0.2) is 80.1 Å². The highest BCUT2D eigenvalue weighted by atomic mass is 32.1. The van der Waals surface area contributed by atoms with Gasteiger partial charge in [-0.15, -0.1) is 0 Å². The van der Waals surface area contributed by atoms with E-state index in [-0.39, 0.29) is 0 Å². The third kappa shape index (κ3) is 4.32. The molecule has 2 aliphatic heterocycles. The van der Waals surface area contributed by atoms with Gasteiger partial charge in [0.2, 0.25) is 5.91 Å². The number of nitrogens with zero attached hydrogens (tertiary/aromatic N) is 3. The van der Waals surface area contributed by atoms with Crippen molar-refractivity contribution in [1.82, 2.24) is 14.7 Å². The summed E-state index contributed by atoms with van der Waals surface area (Å²) in [6.07, 6.45) is 2.23. The van der Waals surface area contributed by atoms with E-state index in [0.29, 0.717) is 18.5 Å². The van der Waals surface area contributed by atoms with Gasteiger partial charge in [0.05, 0.1) is 19.2 Å². The molecule has 3 heterocycles. The van der Waals surface area contributed by atoms with Crippen LogP contribution in [-0.2, 0) is 9.53 Å². The number of amides is 1. The Morgan fingerprint density at radius 1 is 1.26 bits per heavy atom. The van der Waals surface area contributed by atoms with Crippen LogP contribution in [0.25, 0.3) is 0 Å². The van der Waals surface area contributed by atoms with Gasteiger partial charge in [0, 0.05) is 46.4 Å². The number of likely N-dealkylation sites (tertiary alicyclic amines) is 1. The number of carbonyl (C=O) groups excluding carboxylic acids is 1. The van der Waals surface area contributed by atoms with Crippen LogP contribution in [0.15, 0.2) is 16.8 Å². The monoisotopic (exact) mass is 337 g/mol. The van der Waals surface area contributed by atoms with Gasteiger partial charge in [0.1, 0.15) is 0 Å². The summed E-state index contributed by atoms with van der Waals surface area (Å²) >= 11 is 1.72. The fraction of sp³-hybridized carbons (Fsp3) is 0.706. The van der Waals surface area contributed by atoms with Crippen LogP contribution in [0.4, 0.5) is 0 Å². The standard InChI is InChI=1S/C17H27N3O2S/c1-22-11-10-18-6-8-19(9-7-18)13-17(21)20-5-2-3-16(20)15-4-12-23-14-15/h4,12,14,16H,2-3,5-11,13H2,1H3/t16-/m1/s1. The fourth-order valence-electron chi connectivity index (χ4n) is 3.55. The molecule has 2 saturated heterocycles. The number of ether oxygens (including phenoxy) is 1. The zero-order chi connectivity index (χ0) is 16.1. The van der Waals surface area contributed by atoms with Crippen molar-refractivity contribution in [1.29, 1.82) is 0 Å². The van der Waals surface area contributed by atoms with Crippen molar-refractivity contribution in [3.05, 3.63) is 22.4 Å². The lowest BCUT2D eigenvalue weighted by atomic mass is 10.1. The Morgan fingerprint density at radius 3 is 2.74 bits per heavy atom. The molecule has 0 aliphatic carbocycles. The molecule has 0 saturated carbocycles. The van der Waals surface area contributed by atoms with Gasteiger partial charge in [-0.05, 0) is 35.2 Å². The summed E-state index contributed by atoms with van der Waals surface area (Å²) in [6, 6.07) is 2.46. The topological polar surface area (TPSA) is 36.0 Å². The Morgan fingerprint density at radius 2 is 2.04 bits per heavy atom. The van der Waals surface area contributed by atoms with Gasteiger partial charge in [0.15, 0.2) is 0 Å². The highest BCUT2D eigenvalue weighted by molar-refractivity contribution is 7.07. The number of hydrogen-bond acceptors (Lipinski definition) is 5. The fourth-order valence-corrected chi connectivity index (χ4v) is 4.26. The molecule has 1 aromatic heterocycles. The average molecular weight is 337 g/mol. The smallest absolute Gasteiger partial charge is 0.237 e. The third-order valence-corrected chi connectivity index (χ3v) is 5.64. The lowest BCUT2D eigenvalue weighted by Gasteiger charge is -2.35. The quantitative estimate of drug-likeness (QED) is 0.791. The van der Waals surface area contributed by atoms with E-state index in [1.165, 1.54) is 5.56 Å². The molecule has 23 heavy (non-hydrogen) atoms. The van der Waals surface area contributed by atoms with Gasteiger partial charge in [-0.3, -0.25) is 14.6 Å². The van der Waals surface area contributed by atoms with Gasteiger partial charge >= 0.3 is 0 Å². The molecule has 128 valence electrons. The van der Waals surface area contributed by atoms with Gasteiger partial charge in [-0.25, -0.2) is 0 Å². The predicted molar refractivity (Wildman–Crippen MR) is 92.8 cm³/mol. The van der Waals surface area contributed by atoms with Crippen molar-refractivity contribution in [3.63, 3.8) is 0 Å². The van der Waals surface area contributed by atoms with Gasteiger partial charge in [0.25, 0.3) is 0 Å². The van der Waals surface area contributed by atoms with E-state index in [2.05, 4.69) is 31.5 Å².